The summed E-state index contributed by atoms with van der Waals surface area (Å²) >= 11 is 0. The molecule has 1 aromatic carbocycles. The molecule has 0 atom stereocenters. The van der Waals surface area contributed by atoms with Crippen LogP contribution in [0.1, 0.15) is 56.2 Å². The Morgan fingerprint density at radius 3 is 2.52 bits per heavy atom. The molecule has 156 valence electrons. The number of aromatic amines is 1. The summed E-state index contributed by atoms with van der Waals surface area (Å²) < 4.78 is 28.5. The van der Waals surface area contributed by atoms with E-state index in [4.69, 9.17) is 0 Å². The lowest BCUT2D eigenvalue weighted by Crippen LogP contribution is -2.38. The fourth-order valence-electron chi connectivity index (χ4n) is 4.50. The van der Waals surface area contributed by atoms with Crippen molar-refractivity contribution in [2.75, 3.05) is 13.1 Å². The minimum Gasteiger partial charge on any atom is -0.268 e. The van der Waals surface area contributed by atoms with Crippen LogP contribution in [0.15, 0.2) is 27.9 Å². The molecule has 29 heavy (non-hydrogen) atoms. The van der Waals surface area contributed by atoms with Gasteiger partial charge in [-0.1, -0.05) is 26.0 Å². The molecule has 0 spiro atoms. The van der Waals surface area contributed by atoms with Gasteiger partial charge in [0.1, 0.15) is 0 Å². The van der Waals surface area contributed by atoms with Gasteiger partial charge < -0.3 is 0 Å². The number of nitrogens with one attached hydrogen (secondary N) is 1. The van der Waals surface area contributed by atoms with E-state index in [9.17, 15) is 13.2 Å². The molecule has 7 heteroatoms. The normalized spacial score (nSPS) is 18.6. The number of nitrogens with zero attached hydrogens (tertiary/aromatic N) is 2. The maximum Gasteiger partial charge on any atom is 0.267 e. The van der Waals surface area contributed by atoms with Crippen molar-refractivity contribution in [1.29, 1.82) is 0 Å². The van der Waals surface area contributed by atoms with Crippen molar-refractivity contribution in [3.05, 3.63) is 45.2 Å². The zero-order chi connectivity index (χ0) is 20.6. The molecule has 2 aromatic rings. The number of hydrogen-bond acceptors (Lipinski definition) is 4. The van der Waals surface area contributed by atoms with Gasteiger partial charge in [0, 0.05) is 24.2 Å². The van der Waals surface area contributed by atoms with Gasteiger partial charge in [0.2, 0.25) is 10.0 Å². The number of piperidine rings is 1. The number of hydrogen-bond donors (Lipinski definition) is 1. The molecule has 1 aromatic heterocycles. The second-order valence-electron chi connectivity index (χ2n) is 8.33. The van der Waals surface area contributed by atoms with Crippen LogP contribution in [0.5, 0.6) is 0 Å². The Kier molecular flexibility index (Phi) is 5.62. The summed E-state index contributed by atoms with van der Waals surface area (Å²) in [5, 5.41) is 6.93. The van der Waals surface area contributed by atoms with Gasteiger partial charge in [0.15, 0.2) is 0 Å². The summed E-state index contributed by atoms with van der Waals surface area (Å²) in [6, 6.07) is 5.60. The van der Waals surface area contributed by atoms with Crippen molar-refractivity contribution in [3.8, 4) is 11.3 Å². The molecule has 1 aliphatic heterocycles. The molecule has 4 rings (SSSR count). The molecular formula is C22H29N3O3S. The molecule has 2 heterocycles. The minimum atomic E-state index is -3.55. The lowest BCUT2D eigenvalue weighted by atomic mass is 9.89. The molecule has 1 fully saturated rings. The van der Waals surface area contributed by atoms with E-state index in [1.54, 1.807) is 10.4 Å². The fourth-order valence-corrected chi connectivity index (χ4v) is 6.29. The van der Waals surface area contributed by atoms with Crippen LogP contribution in [0.2, 0.25) is 0 Å². The zero-order valence-electron chi connectivity index (χ0n) is 17.2. The average Bonchev–Trinajstić information content (AvgIpc) is 2.74. The lowest BCUT2D eigenvalue weighted by molar-refractivity contribution is 0.288. The Morgan fingerprint density at radius 1 is 1.14 bits per heavy atom. The van der Waals surface area contributed by atoms with E-state index in [1.165, 1.54) is 0 Å². The Bertz CT molecular complexity index is 1070. The van der Waals surface area contributed by atoms with Gasteiger partial charge in [-0.2, -0.15) is 9.40 Å². The van der Waals surface area contributed by atoms with Crippen LogP contribution in [-0.4, -0.2) is 36.0 Å². The van der Waals surface area contributed by atoms with Crippen LogP contribution >= 0.6 is 0 Å². The molecule has 0 radical (unpaired) electrons. The monoisotopic (exact) mass is 415 g/mol. The number of fused-ring (bicyclic) bond motifs is 1. The third-order valence-corrected chi connectivity index (χ3v) is 8.36. The minimum absolute atomic E-state index is 0.121. The number of benzene rings is 1. The summed E-state index contributed by atoms with van der Waals surface area (Å²) in [4.78, 5) is 12.6. The van der Waals surface area contributed by atoms with E-state index in [2.05, 4.69) is 17.1 Å². The van der Waals surface area contributed by atoms with Crippen molar-refractivity contribution in [3.63, 3.8) is 0 Å². The topological polar surface area (TPSA) is 83.1 Å². The van der Waals surface area contributed by atoms with Crippen LogP contribution in [-0.2, 0) is 29.3 Å². The van der Waals surface area contributed by atoms with Crippen molar-refractivity contribution in [1.82, 2.24) is 14.5 Å². The van der Waals surface area contributed by atoms with E-state index in [-0.39, 0.29) is 5.56 Å². The van der Waals surface area contributed by atoms with Crippen LogP contribution in [0.3, 0.4) is 0 Å². The fraction of sp³-hybridized carbons (Fsp3) is 0.545. The van der Waals surface area contributed by atoms with Crippen molar-refractivity contribution < 1.29 is 8.42 Å². The highest BCUT2D eigenvalue weighted by atomic mass is 32.2. The molecule has 0 bridgehead atoms. The van der Waals surface area contributed by atoms with Crippen LogP contribution in [0.4, 0.5) is 0 Å². The van der Waals surface area contributed by atoms with Gasteiger partial charge in [-0.15, -0.1) is 0 Å². The van der Waals surface area contributed by atoms with E-state index in [0.717, 1.165) is 60.8 Å². The summed E-state index contributed by atoms with van der Waals surface area (Å²) in [6.45, 7) is 5.30. The number of aromatic nitrogens is 2. The molecule has 2 aliphatic rings. The standard InChI is InChI=1S/C22H29N3O3S/c1-3-16-8-9-17(21-18-6-4-5-7-19(18)22(26)24-23-21)14-20(16)29(27,28)25-12-10-15(2)11-13-25/h8-9,14-15H,3-7,10-13H2,1-2H3,(H,24,26). The summed E-state index contributed by atoms with van der Waals surface area (Å²) in [6.07, 6.45) is 6.03. The number of sulfonamides is 1. The molecule has 1 aliphatic carbocycles. The van der Waals surface area contributed by atoms with Crippen molar-refractivity contribution in [2.24, 2.45) is 5.92 Å². The summed E-state index contributed by atoms with van der Waals surface area (Å²) in [5.74, 6) is 0.565. The first-order valence-corrected chi connectivity index (χ1v) is 12.1. The van der Waals surface area contributed by atoms with Crippen LogP contribution in [0.25, 0.3) is 11.3 Å². The second kappa shape index (κ2) is 8.03. The Hall–Kier alpha value is -1.99. The SMILES string of the molecule is CCc1ccc(-c2n[nH]c(=O)c3c2CCCC3)cc1S(=O)(=O)N1CCC(C)CC1. The Balaban J connectivity index is 1.80. The molecule has 6 nitrogen and oxygen atoms in total. The lowest BCUT2D eigenvalue weighted by Gasteiger charge is -2.30. The quantitative estimate of drug-likeness (QED) is 0.831. The van der Waals surface area contributed by atoms with Crippen LogP contribution in [0, 0.1) is 5.92 Å². The van der Waals surface area contributed by atoms with Crippen molar-refractivity contribution in [2.45, 2.75) is 63.7 Å². The van der Waals surface area contributed by atoms with Crippen LogP contribution < -0.4 is 5.56 Å². The average molecular weight is 416 g/mol. The van der Waals surface area contributed by atoms with E-state index in [1.807, 2.05) is 19.1 Å². The summed E-state index contributed by atoms with van der Waals surface area (Å²) in [7, 11) is -3.55. The number of H-pyrrole nitrogens is 1. The van der Waals surface area contributed by atoms with Gasteiger partial charge in [-0.3, -0.25) is 4.79 Å². The molecule has 1 N–H and O–H groups in total. The molecular weight excluding hydrogens is 386 g/mol. The third kappa shape index (κ3) is 3.78. The molecule has 0 unspecified atom stereocenters. The van der Waals surface area contributed by atoms with E-state index < -0.39 is 10.0 Å². The number of aryl methyl sites for hydroxylation is 1. The highest BCUT2D eigenvalue weighted by Gasteiger charge is 2.30. The highest BCUT2D eigenvalue weighted by molar-refractivity contribution is 7.89. The summed E-state index contributed by atoms with van der Waals surface area (Å²) in [5.41, 5.74) is 3.95. The van der Waals surface area contributed by atoms with Gasteiger partial charge in [-0.25, -0.2) is 13.5 Å². The Morgan fingerprint density at radius 2 is 1.83 bits per heavy atom. The highest BCUT2D eigenvalue weighted by Crippen LogP contribution is 2.32. The number of rotatable bonds is 4. The van der Waals surface area contributed by atoms with Crippen molar-refractivity contribution >= 4 is 10.0 Å². The van der Waals surface area contributed by atoms with Gasteiger partial charge in [0.05, 0.1) is 10.6 Å². The van der Waals surface area contributed by atoms with Gasteiger partial charge in [-0.05, 0) is 68.1 Å². The van der Waals surface area contributed by atoms with Gasteiger partial charge in [0.25, 0.3) is 5.56 Å². The Labute approximate surface area is 172 Å². The maximum atomic E-state index is 13.4. The predicted octanol–water partition coefficient (Wildman–Crippen LogP) is 3.30. The van der Waals surface area contributed by atoms with E-state index in [0.29, 0.717) is 36.0 Å². The largest absolute Gasteiger partial charge is 0.268 e. The first kappa shape index (κ1) is 20.3. The van der Waals surface area contributed by atoms with Gasteiger partial charge >= 0.3 is 0 Å². The molecule has 0 saturated carbocycles. The predicted molar refractivity (Wildman–Crippen MR) is 113 cm³/mol. The smallest absolute Gasteiger partial charge is 0.267 e. The maximum absolute atomic E-state index is 13.4. The first-order valence-electron chi connectivity index (χ1n) is 10.7. The second-order valence-corrected chi connectivity index (χ2v) is 10.2. The molecule has 0 amide bonds. The first-order chi connectivity index (χ1) is 13.9. The van der Waals surface area contributed by atoms with E-state index >= 15 is 0 Å². The zero-order valence-corrected chi connectivity index (χ0v) is 18.0. The third-order valence-electron chi connectivity index (χ3n) is 6.38. The molecule has 1 saturated heterocycles.